The zero-order valence-corrected chi connectivity index (χ0v) is 13.5. The van der Waals surface area contributed by atoms with Gasteiger partial charge in [0, 0.05) is 24.7 Å². The van der Waals surface area contributed by atoms with Crippen LogP contribution in [0, 0.1) is 0 Å². The molecule has 1 fully saturated rings. The van der Waals surface area contributed by atoms with Crippen molar-refractivity contribution >= 4 is 39.1 Å². The van der Waals surface area contributed by atoms with Gasteiger partial charge >= 0.3 is 0 Å². The lowest BCUT2D eigenvalue weighted by Crippen LogP contribution is -2.44. The minimum Gasteiger partial charge on any atom is -0.326 e. The normalized spacial score (nSPS) is 17.9. The van der Waals surface area contributed by atoms with Gasteiger partial charge in [0.25, 0.3) is 0 Å². The molecule has 1 unspecified atom stereocenters. The molecule has 2 rings (SSSR count). The van der Waals surface area contributed by atoms with Crippen LogP contribution in [0.5, 0.6) is 0 Å². The Bertz CT molecular complexity index is 759. The van der Waals surface area contributed by atoms with E-state index in [1.54, 1.807) is 24.3 Å². The number of anilines is 2. The third-order valence-electron chi connectivity index (χ3n) is 3.27. The number of benzene rings is 1. The van der Waals surface area contributed by atoms with Crippen molar-refractivity contribution in [1.29, 1.82) is 0 Å². The molecule has 2 N–H and O–H groups in total. The van der Waals surface area contributed by atoms with Gasteiger partial charge in [-0.25, -0.2) is 12.7 Å². The lowest BCUT2D eigenvalue weighted by atomic mass is 10.2. The number of carbonyl (C=O) groups is 3. The maximum atomic E-state index is 12.3. The molecule has 23 heavy (non-hydrogen) atoms. The summed E-state index contributed by atoms with van der Waals surface area (Å²) in [5.74, 6) is -1.42. The van der Waals surface area contributed by atoms with E-state index >= 15 is 0 Å². The van der Waals surface area contributed by atoms with Gasteiger partial charge in [-0.15, -0.1) is 0 Å². The molecule has 0 bridgehead atoms. The van der Waals surface area contributed by atoms with Crippen LogP contribution >= 0.6 is 0 Å². The molecule has 0 aromatic heterocycles. The van der Waals surface area contributed by atoms with Gasteiger partial charge in [0.15, 0.2) is 0 Å². The van der Waals surface area contributed by atoms with E-state index in [2.05, 4.69) is 10.6 Å². The molecule has 3 amide bonds. The van der Waals surface area contributed by atoms with Gasteiger partial charge < -0.3 is 10.6 Å². The first-order valence-electron chi connectivity index (χ1n) is 6.89. The van der Waals surface area contributed by atoms with Crippen LogP contribution in [0.25, 0.3) is 0 Å². The zero-order valence-electron chi connectivity index (χ0n) is 12.7. The molecule has 124 valence electrons. The van der Waals surface area contributed by atoms with Gasteiger partial charge in [0.05, 0.1) is 6.26 Å². The number of carbonyl (C=O) groups excluding carboxylic acids is 3. The Kier molecular flexibility index (Phi) is 4.69. The third-order valence-corrected chi connectivity index (χ3v) is 4.44. The van der Waals surface area contributed by atoms with Crippen molar-refractivity contribution in [3.8, 4) is 0 Å². The lowest BCUT2D eigenvalue weighted by Gasteiger charge is -2.21. The van der Waals surface area contributed by atoms with Crippen LogP contribution in [0.3, 0.4) is 0 Å². The molecule has 9 heteroatoms. The molecule has 1 atom stereocenters. The van der Waals surface area contributed by atoms with Crippen molar-refractivity contribution in [2.24, 2.45) is 0 Å². The minimum absolute atomic E-state index is 0.0110. The third kappa shape index (κ3) is 4.07. The molecular formula is C14H17N3O5S. The van der Waals surface area contributed by atoms with Crippen LogP contribution in [-0.4, -0.2) is 42.7 Å². The molecule has 0 aliphatic carbocycles. The quantitative estimate of drug-likeness (QED) is 0.831. The molecule has 1 aromatic carbocycles. The predicted molar refractivity (Wildman–Crippen MR) is 84.1 cm³/mol. The average molecular weight is 339 g/mol. The highest BCUT2D eigenvalue weighted by atomic mass is 32.2. The first kappa shape index (κ1) is 16.9. The fourth-order valence-corrected chi connectivity index (χ4v) is 3.54. The molecule has 1 heterocycles. The van der Waals surface area contributed by atoms with E-state index in [1.165, 1.54) is 6.92 Å². The van der Waals surface area contributed by atoms with Crippen molar-refractivity contribution in [3.63, 3.8) is 0 Å². The first-order chi connectivity index (χ1) is 10.7. The molecule has 1 aromatic rings. The van der Waals surface area contributed by atoms with Crippen LogP contribution in [-0.2, 0) is 24.4 Å². The fraction of sp³-hybridized carbons (Fsp3) is 0.357. The van der Waals surface area contributed by atoms with Gasteiger partial charge in [-0.05, 0) is 24.6 Å². The molecule has 1 saturated heterocycles. The van der Waals surface area contributed by atoms with Crippen molar-refractivity contribution in [2.45, 2.75) is 25.8 Å². The average Bonchev–Trinajstić information content (AvgIpc) is 2.80. The number of hydrogen-bond donors (Lipinski definition) is 2. The SMILES string of the molecule is CC(=O)Nc1cccc(NC(=O)C2CCC(=O)N2S(C)(=O)=O)c1. The molecule has 0 spiro atoms. The highest BCUT2D eigenvalue weighted by Gasteiger charge is 2.41. The predicted octanol–water partition coefficient (Wildman–Crippen LogP) is 0.534. The van der Waals surface area contributed by atoms with Gasteiger partial charge in [0.2, 0.25) is 27.7 Å². The van der Waals surface area contributed by atoms with E-state index in [4.69, 9.17) is 0 Å². The molecule has 8 nitrogen and oxygen atoms in total. The Hall–Kier alpha value is -2.42. The second kappa shape index (κ2) is 6.37. The summed E-state index contributed by atoms with van der Waals surface area (Å²) in [6.45, 7) is 1.36. The van der Waals surface area contributed by atoms with Crippen molar-refractivity contribution < 1.29 is 22.8 Å². The van der Waals surface area contributed by atoms with Crippen LogP contribution in [0.1, 0.15) is 19.8 Å². The number of amides is 3. The second-order valence-electron chi connectivity index (χ2n) is 5.26. The highest BCUT2D eigenvalue weighted by Crippen LogP contribution is 2.24. The van der Waals surface area contributed by atoms with E-state index < -0.39 is 27.9 Å². The Morgan fingerprint density at radius 2 is 1.83 bits per heavy atom. The Morgan fingerprint density at radius 3 is 2.39 bits per heavy atom. The molecule has 1 aliphatic rings. The number of nitrogens with zero attached hydrogens (tertiary/aromatic N) is 1. The molecule has 1 aliphatic heterocycles. The lowest BCUT2D eigenvalue weighted by molar-refractivity contribution is -0.128. The van der Waals surface area contributed by atoms with E-state index in [1.807, 2.05) is 0 Å². The van der Waals surface area contributed by atoms with Crippen molar-refractivity contribution in [3.05, 3.63) is 24.3 Å². The van der Waals surface area contributed by atoms with Gasteiger partial charge in [-0.2, -0.15) is 0 Å². The van der Waals surface area contributed by atoms with Crippen molar-refractivity contribution in [2.75, 3.05) is 16.9 Å². The summed E-state index contributed by atoms with van der Waals surface area (Å²) in [5, 5.41) is 5.15. The van der Waals surface area contributed by atoms with Crippen LogP contribution < -0.4 is 10.6 Å². The summed E-state index contributed by atoms with van der Waals surface area (Å²) in [6.07, 6.45) is 1.05. The monoisotopic (exact) mass is 339 g/mol. The zero-order chi connectivity index (χ0) is 17.2. The van der Waals surface area contributed by atoms with Crippen LogP contribution in [0.4, 0.5) is 11.4 Å². The maximum absolute atomic E-state index is 12.3. The standard InChI is InChI=1S/C14H17N3O5S/c1-9(18)15-10-4-3-5-11(8-10)16-14(20)12-6-7-13(19)17(12)23(2,21)22/h3-5,8,12H,6-7H2,1-2H3,(H,15,18)(H,16,20). The van der Waals surface area contributed by atoms with Crippen molar-refractivity contribution in [1.82, 2.24) is 4.31 Å². The topological polar surface area (TPSA) is 113 Å². The van der Waals surface area contributed by atoms with Crippen LogP contribution in [0.2, 0.25) is 0 Å². The number of sulfonamides is 1. The molecule has 0 radical (unpaired) electrons. The van der Waals surface area contributed by atoms with E-state index in [0.717, 1.165) is 6.26 Å². The maximum Gasteiger partial charge on any atom is 0.248 e. The second-order valence-corrected chi connectivity index (χ2v) is 7.12. The Morgan fingerprint density at radius 1 is 1.22 bits per heavy atom. The summed E-state index contributed by atoms with van der Waals surface area (Å²) in [7, 11) is -3.80. The summed E-state index contributed by atoms with van der Waals surface area (Å²) < 4.78 is 24.0. The van der Waals surface area contributed by atoms with Gasteiger partial charge in [0.1, 0.15) is 6.04 Å². The summed E-state index contributed by atoms with van der Waals surface area (Å²) in [6, 6.07) is 5.38. The first-order valence-corrected chi connectivity index (χ1v) is 8.74. The largest absolute Gasteiger partial charge is 0.326 e. The fourth-order valence-electron chi connectivity index (χ4n) is 2.42. The Balaban J connectivity index is 2.16. The summed E-state index contributed by atoms with van der Waals surface area (Å²) in [5.41, 5.74) is 0.895. The Labute approximate surface area is 133 Å². The highest BCUT2D eigenvalue weighted by molar-refractivity contribution is 7.89. The van der Waals surface area contributed by atoms with Gasteiger partial charge in [-0.3, -0.25) is 14.4 Å². The summed E-state index contributed by atoms with van der Waals surface area (Å²) >= 11 is 0. The van der Waals surface area contributed by atoms with Crippen LogP contribution in [0.15, 0.2) is 24.3 Å². The number of rotatable bonds is 4. The number of hydrogen-bond acceptors (Lipinski definition) is 5. The molecule has 0 saturated carbocycles. The number of nitrogens with one attached hydrogen (secondary N) is 2. The smallest absolute Gasteiger partial charge is 0.248 e. The minimum atomic E-state index is -3.80. The molecular weight excluding hydrogens is 322 g/mol. The van der Waals surface area contributed by atoms with E-state index in [-0.39, 0.29) is 18.7 Å². The van der Waals surface area contributed by atoms with E-state index in [0.29, 0.717) is 15.7 Å². The van der Waals surface area contributed by atoms with Gasteiger partial charge in [-0.1, -0.05) is 6.07 Å². The van der Waals surface area contributed by atoms with E-state index in [9.17, 15) is 22.8 Å². The summed E-state index contributed by atoms with van der Waals surface area (Å²) in [4.78, 5) is 35.0.